The van der Waals surface area contributed by atoms with Crippen molar-refractivity contribution in [2.45, 2.75) is 174 Å². The minimum Gasteiger partial charge on any atom is -0.481 e. The lowest BCUT2D eigenvalue weighted by molar-refractivity contribution is -0.158. The molecule has 0 radical (unpaired) electrons. The summed E-state index contributed by atoms with van der Waals surface area (Å²) in [5.74, 6) is -2.61. The highest BCUT2D eigenvalue weighted by molar-refractivity contribution is 6.35. The second-order valence-electron chi connectivity index (χ2n) is 30.5. The molecule has 2 amide bonds. The van der Waals surface area contributed by atoms with Crippen LogP contribution in [-0.2, 0) is 53.3 Å². The number of primary amides is 1. The highest BCUT2D eigenvalue weighted by Crippen LogP contribution is 2.49. The van der Waals surface area contributed by atoms with Gasteiger partial charge in [-0.05, 0) is 170 Å². The van der Waals surface area contributed by atoms with E-state index in [0.29, 0.717) is 51.8 Å². The monoisotopic (exact) mass is 1600 g/mol. The van der Waals surface area contributed by atoms with Crippen LogP contribution in [0.1, 0.15) is 187 Å². The molecule has 2 unspecified atom stereocenters. The fraction of sp³-hybridized carbons (Fsp3) is 0.312. The third-order valence-corrected chi connectivity index (χ3v) is 20.5. The quantitative estimate of drug-likeness (QED) is 0.0236. The zero-order valence-electron chi connectivity index (χ0n) is 67.4. The van der Waals surface area contributed by atoms with Crippen molar-refractivity contribution < 1.29 is 57.6 Å². The van der Waals surface area contributed by atoms with Crippen molar-refractivity contribution in [1.29, 1.82) is 0 Å². The van der Waals surface area contributed by atoms with Gasteiger partial charge in [-0.3, -0.25) is 19.3 Å². The molecule has 2 aliphatic rings. The SMILES string of the molecule is CC(C)(C)OC(=O)CCCC(=O)O.CCN(C(C)C)C(C)C.Cc1ccc(C(Cl)(c2ccccc2)c2ccccc2Cl)cc1.Cc1ccc(C(OC(=O)[C@H](CCC(=O)OC(C)(C)C)NC(=O)OCC2c3ccccc3-c3ccccc32)(c2ccccc2)c2ccccc2Cl)cc1.NC(=O)OCC1c2ccccc2-c2ccccc21. The summed E-state index contributed by atoms with van der Waals surface area (Å²) in [7, 11) is 0. The number of aliphatic carboxylic acids is 1. The van der Waals surface area contributed by atoms with Gasteiger partial charge in [0, 0.05) is 75.5 Å². The van der Waals surface area contributed by atoms with Gasteiger partial charge in [-0.15, -0.1) is 11.6 Å². The van der Waals surface area contributed by atoms with E-state index in [4.69, 9.17) is 69.3 Å². The molecule has 0 aliphatic heterocycles. The van der Waals surface area contributed by atoms with Crippen molar-refractivity contribution in [3.8, 4) is 22.3 Å². The van der Waals surface area contributed by atoms with Gasteiger partial charge in [-0.25, -0.2) is 14.4 Å². The van der Waals surface area contributed by atoms with Gasteiger partial charge in [0.25, 0.3) is 0 Å². The van der Waals surface area contributed by atoms with Crippen LogP contribution in [0, 0.1) is 13.8 Å². The van der Waals surface area contributed by atoms with Crippen molar-refractivity contribution in [2.75, 3.05) is 19.8 Å². The van der Waals surface area contributed by atoms with Crippen molar-refractivity contribution in [3.63, 3.8) is 0 Å². The smallest absolute Gasteiger partial charge is 0.407 e. The van der Waals surface area contributed by atoms with Crippen molar-refractivity contribution >= 4 is 70.9 Å². The molecule has 0 saturated heterocycles. The average molecular weight is 1600 g/mol. The van der Waals surface area contributed by atoms with E-state index in [1.807, 2.05) is 189 Å². The van der Waals surface area contributed by atoms with Crippen molar-refractivity contribution in [3.05, 3.63) is 332 Å². The molecule has 4 N–H and O–H groups in total. The van der Waals surface area contributed by atoms with Crippen LogP contribution >= 0.6 is 34.8 Å². The van der Waals surface area contributed by atoms with Crippen LogP contribution in [-0.4, -0.2) is 95.2 Å². The van der Waals surface area contributed by atoms with E-state index in [1.54, 1.807) is 53.7 Å². The van der Waals surface area contributed by atoms with Crippen LogP contribution in [0.4, 0.5) is 9.59 Å². The van der Waals surface area contributed by atoms with Crippen LogP contribution in [0.15, 0.2) is 255 Å². The summed E-state index contributed by atoms with van der Waals surface area (Å²) < 4.78 is 28.0. The van der Waals surface area contributed by atoms with Crippen LogP contribution in [0.25, 0.3) is 22.3 Å². The first-order chi connectivity index (χ1) is 54.3. The molecule has 2 aliphatic carbocycles. The van der Waals surface area contributed by atoms with E-state index in [0.717, 1.165) is 51.1 Å². The molecule has 114 heavy (non-hydrogen) atoms. The van der Waals surface area contributed by atoms with Crippen LogP contribution in [0.3, 0.4) is 0 Å². The molecular weight excluding hydrogens is 1490 g/mol. The highest BCUT2D eigenvalue weighted by Gasteiger charge is 2.45. The molecule has 598 valence electrons. The number of carboxylic acid groups (broad SMARTS) is 1. The Labute approximate surface area is 687 Å². The van der Waals surface area contributed by atoms with Crippen molar-refractivity contribution in [1.82, 2.24) is 10.2 Å². The molecule has 0 fully saturated rings. The predicted octanol–water partition coefficient (Wildman–Crippen LogP) is 22.3. The van der Waals surface area contributed by atoms with Crippen molar-refractivity contribution in [2.24, 2.45) is 5.73 Å². The number of carbonyl (C=O) groups is 6. The van der Waals surface area contributed by atoms with Gasteiger partial charge >= 0.3 is 36.1 Å². The minimum absolute atomic E-state index is 0.0131. The number of nitrogens with two attached hydrogens (primary N) is 1. The number of carboxylic acids is 1. The Balaban J connectivity index is 0.000000213. The molecule has 3 atom stereocenters. The standard InChI is InChI=1S/C44H42ClNO6.C20H16Cl2.C15H13NO2.C9H16O4.C8H19N/c1-29-22-24-31(25-23-29)44(30-14-6-5-7-15-30,37-20-12-13-21-38(37)45)52-41(48)39(26-27-40(47)51-43(2,3)4)46-42(49)50-28-36-34-18-10-8-16-32(34)33-17-9-11-19-35(33)36;1-15-11-13-17(14-12-15)20(22,16-7-3-2-4-8-16)18-9-5-6-10-19(18)21;16-15(17)18-9-14-12-7-3-1-5-10(12)11-6-2-4-8-13(11)14;1-9(2,3)13-8(12)6-4-5-7(10)11;1-6-9(7(2)3)8(4)5/h5-25,36,39H,26-28H2,1-4H3,(H,46,49);2-14H,1H3;1-8,14H,9H2,(H2,16,17);4-6H2,1-3H3,(H,10,11);7-8H,6H2,1-5H3/t39-,44?;;;;/m0..../s1. The number of ether oxygens (including phenoxy) is 5. The average Bonchev–Trinajstić information content (AvgIpc) is 1.06. The summed E-state index contributed by atoms with van der Waals surface area (Å²) >= 11 is 20.5. The van der Waals surface area contributed by atoms with E-state index in [2.05, 4.69) is 112 Å². The number of nitrogens with one attached hydrogen (secondary N) is 1. The number of esters is 3. The molecule has 15 nitrogen and oxygen atoms in total. The lowest BCUT2D eigenvalue weighted by atomic mass is 9.79. The van der Waals surface area contributed by atoms with Crippen LogP contribution in [0.5, 0.6) is 0 Å². The number of amides is 2. The Morgan fingerprint density at radius 1 is 0.456 bits per heavy atom. The number of hydrogen-bond donors (Lipinski definition) is 3. The number of halogens is 3. The Bertz CT molecular complexity index is 4730. The highest BCUT2D eigenvalue weighted by atomic mass is 35.5. The number of hydrogen-bond acceptors (Lipinski definition) is 12. The van der Waals surface area contributed by atoms with Gasteiger partial charge in [0.2, 0.25) is 0 Å². The van der Waals surface area contributed by atoms with Gasteiger partial charge in [-0.1, -0.05) is 284 Å². The van der Waals surface area contributed by atoms with Gasteiger partial charge in [0.15, 0.2) is 5.60 Å². The summed E-state index contributed by atoms with van der Waals surface area (Å²) in [6.07, 6.45) is -1.27. The van der Waals surface area contributed by atoms with Gasteiger partial charge < -0.3 is 39.8 Å². The maximum atomic E-state index is 14.6. The zero-order valence-corrected chi connectivity index (χ0v) is 69.7. The summed E-state index contributed by atoms with van der Waals surface area (Å²) in [4.78, 5) is 74.7. The second kappa shape index (κ2) is 41.5. The zero-order chi connectivity index (χ0) is 82.9. The first-order valence-electron chi connectivity index (χ1n) is 38.6. The number of fused-ring (bicyclic) bond motifs is 6. The molecule has 12 rings (SSSR count). The lowest BCUT2D eigenvalue weighted by Crippen LogP contribution is -2.47. The van der Waals surface area contributed by atoms with E-state index in [1.165, 1.54) is 27.8 Å². The summed E-state index contributed by atoms with van der Waals surface area (Å²) in [5.41, 5.74) is 18.4. The van der Waals surface area contributed by atoms with Gasteiger partial charge in [0.1, 0.15) is 35.3 Å². The van der Waals surface area contributed by atoms with Crippen LogP contribution < -0.4 is 11.1 Å². The molecular formula is C96H106Cl3N3O12. The molecule has 0 heterocycles. The molecule has 0 bridgehead atoms. The summed E-state index contributed by atoms with van der Waals surface area (Å²) in [6, 6.07) is 82.9. The molecule has 0 spiro atoms. The largest absolute Gasteiger partial charge is 0.481 e. The fourth-order valence-electron chi connectivity index (χ4n) is 14.1. The fourth-order valence-corrected chi connectivity index (χ4v) is 15.2. The Hall–Kier alpha value is -10.6. The maximum Gasteiger partial charge on any atom is 0.407 e. The number of alkyl carbamates (subject to hydrolysis) is 1. The predicted molar refractivity (Wildman–Crippen MR) is 456 cm³/mol. The number of aryl methyl sites for hydroxylation is 2. The number of nitrogens with zero attached hydrogens (tertiary/aromatic N) is 1. The number of benzene rings is 10. The Morgan fingerprint density at radius 3 is 1.21 bits per heavy atom. The number of carbonyl (C=O) groups excluding carboxylic acids is 5. The molecule has 18 heteroatoms. The molecule has 0 saturated carbocycles. The number of rotatable bonds is 23. The van der Waals surface area contributed by atoms with E-state index in [9.17, 15) is 28.8 Å². The third-order valence-electron chi connectivity index (χ3n) is 19.2. The van der Waals surface area contributed by atoms with E-state index >= 15 is 0 Å². The minimum atomic E-state index is -1.52. The molecule has 10 aromatic rings. The summed E-state index contributed by atoms with van der Waals surface area (Å²) in [5, 5.41) is 12.1. The summed E-state index contributed by atoms with van der Waals surface area (Å²) in [6.45, 7) is 27.4. The topological polar surface area (TPSA) is 210 Å². The Kier molecular flexibility index (Phi) is 32.4. The molecule has 0 aromatic heterocycles. The first kappa shape index (κ1) is 89.0. The second-order valence-corrected chi connectivity index (χ2v) is 31.9. The van der Waals surface area contributed by atoms with E-state index in [-0.39, 0.29) is 50.1 Å². The van der Waals surface area contributed by atoms with Crippen LogP contribution in [0.2, 0.25) is 10.0 Å². The first-order valence-corrected chi connectivity index (χ1v) is 39.7. The molecule has 10 aromatic carbocycles. The Morgan fingerprint density at radius 2 is 0.816 bits per heavy atom. The van der Waals surface area contributed by atoms with Gasteiger partial charge in [0.05, 0.1) is 0 Å². The normalized spacial score (nSPS) is 13.2. The maximum absolute atomic E-state index is 14.6. The van der Waals surface area contributed by atoms with E-state index < -0.39 is 57.8 Å². The third kappa shape index (κ3) is 24.3. The lowest BCUT2D eigenvalue weighted by Gasteiger charge is -2.37. The van der Waals surface area contributed by atoms with Gasteiger partial charge in [-0.2, -0.15) is 0 Å². The number of alkyl halides is 1.